The van der Waals surface area contributed by atoms with Gasteiger partial charge in [-0.2, -0.15) is 0 Å². The minimum Gasteiger partial charge on any atom is -0.346 e. The Morgan fingerprint density at radius 3 is 2.32 bits per heavy atom. The van der Waals surface area contributed by atoms with Crippen LogP contribution < -0.4 is 5.32 Å². The highest BCUT2D eigenvalue weighted by Crippen LogP contribution is 2.24. The molecule has 0 aliphatic carbocycles. The topological polar surface area (TPSA) is 29.1 Å². The first-order chi connectivity index (χ1) is 13.4. The first kappa shape index (κ1) is 20.5. The van der Waals surface area contributed by atoms with E-state index >= 15 is 0 Å². The number of hydrogen-bond donors (Lipinski definition) is 1. The molecule has 0 radical (unpaired) electrons. The molecule has 0 heterocycles. The molecular weight excluding hydrogens is 386 g/mol. The number of carbonyl (C=O) groups is 1. The lowest BCUT2D eigenvalue weighted by atomic mass is 10.00. The molecule has 0 saturated carbocycles. The maximum absolute atomic E-state index is 12.6. The van der Waals surface area contributed by atoms with E-state index in [0.29, 0.717) is 5.56 Å². The first-order valence-corrected chi connectivity index (χ1v) is 10.6. The quantitative estimate of drug-likeness (QED) is 0.456. The summed E-state index contributed by atoms with van der Waals surface area (Å²) in [5.74, 6) is 0.798. The van der Waals surface area contributed by atoms with Crippen LogP contribution in [0.5, 0.6) is 0 Å². The highest BCUT2D eigenvalue weighted by molar-refractivity contribution is 7.98. The van der Waals surface area contributed by atoms with E-state index in [-0.39, 0.29) is 11.9 Å². The van der Waals surface area contributed by atoms with Crippen LogP contribution in [-0.4, -0.2) is 5.91 Å². The molecule has 0 aromatic heterocycles. The smallest absolute Gasteiger partial charge is 0.251 e. The molecular formula is C24H24ClNOS. The van der Waals surface area contributed by atoms with E-state index in [2.05, 4.69) is 37.4 Å². The van der Waals surface area contributed by atoms with E-state index in [1.807, 2.05) is 55.5 Å². The van der Waals surface area contributed by atoms with Gasteiger partial charge in [-0.15, -0.1) is 11.8 Å². The Labute approximate surface area is 176 Å². The number of aryl methyl sites for hydroxylation is 2. The average Bonchev–Trinajstić information content (AvgIpc) is 2.67. The lowest BCUT2D eigenvalue weighted by Gasteiger charge is -2.17. The van der Waals surface area contributed by atoms with Crippen molar-refractivity contribution in [2.75, 3.05) is 0 Å². The van der Waals surface area contributed by atoms with Crippen molar-refractivity contribution in [3.63, 3.8) is 0 Å². The Kier molecular flexibility index (Phi) is 6.82. The normalized spacial score (nSPS) is 11.9. The summed E-state index contributed by atoms with van der Waals surface area (Å²) in [5.41, 5.74) is 5.43. The molecule has 1 atom stereocenters. The third-order valence-electron chi connectivity index (χ3n) is 4.67. The fourth-order valence-corrected chi connectivity index (χ4v) is 4.10. The van der Waals surface area contributed by atoms with Crippen LogP contribution in [0.1, 0.15) is 45.6 Å². The molecule has 0 aliphatic rings. The molecule has 3 aromatic rings. The van der Waals surface area contributed by atoms with Crippen LogP contribution in [0.2, 0.25) is 5.02 Å². The first-order valence-electron chi connectivity index (χ1n) is 9.27. The zero-order chi connectivity index (χ0) is 20.1. The van der Waals surface area contributed by atoms with Crippen LogP contribution in [-0.2, 0) is 5.75 Å². The number of halogens is 1. The Bertz CT molecular complexity index is 951. The Morgan fingerprint density at radius 2 is 1.68 bits per heavy atom. The van der Waals surface area contributed by atoms with Gasteiger partial charge in [-0.25, -0.2) is 0 Å². The van der Waals surface area contributed by atoms with E-state index in [4.69, 9.17) is 11.6 Å². The van der Waals surface area contributed by atoms with Gasteiger partial charge in [0.15, 0.2) is 0 Å². The molecule has 0 aliphatic heterocycles. The summed E-state index contributed by atoms with van der Waals surface area (Å²) in [7, 11) is 0. The molecule has 0 saturated heterocycles. The second-order valence-corrected chi connectivity index (χ2v) is 8.48. The minimum atomic E-state index is -0.0515. The van der Waals surface area contributed by atoms with Crippen molar-refractivity contribution in [2.24, 2.45) is 0 Å². The van der Waals surface area contributed by atoms with Gasteiger partial charge in [0.2, 0.25) is 0 Å². The summed E-state index contributed by atoms with van der Waals surface area (Å²) in [6.45, 7) is 6.18. The fourth-order valence-electron chi connectivity index (χ4n) is 3.12. The summed E-state index contributed by atoms with van der Waals surface area (Å²) in [6, 6.07) is 21.9. The summed E-state index contributed by atoms with van der Waals surface area (Å²) >= 11 is 7.67. The zero-order valence-corrected chi connectivity index (χ0v) is 17.9. The molecule has 1 N–H and O–H groups in total. The SMILES string of the molecule is Cc1ccc([C@@H](C)NC(=O)c2ccc(CSc3ccc(Cl)cc3)cc2)c(C)c1. The van der Waals surface area contributed by atoms with Crippen molar-refractivity contribution < 1.29 is 4.79 Å². The van der Waals surface area contributed by atoms with Crippen LogP contribution in [0.15, 0.2) is 71.6 Å². The predicted molar refractivity (Wildman–Crippen MR) is 119 cm³/mol. The number of nitrogens with one attached hydrogen (secondary N) is 1. The maximum atomic E-state index is 12.6. The van der Waals surface area contributed by atoms with Gasteiger partial charge in [0.25, 0.3) is 5.91 Å². The predicted octanol–water partition coefficient (Wildman–Crippen LogP) is 6.74. The summed E-state index contributed by atoms with van der Waals surface area (Å²) in [6.07, 6.45) is 0. The number of thioether (sulfide) groups is 1. The molecule has 4 heteroatoms. The van der Waals surface area contributed by atoms with E-state index in [1.54, 1.807) is 11.8 Å². The van der Waals surface area contributed by atoms with E-state index < -0.39 is 0 Å². The minimum absolute atomic E-state index is 0.0340. The second-order valence-electron chi connectivity index (χ2n) is 6.99. The molecule has 1 amide bonds. The van der Waals surface area contributed by atoms with Gasteiger partial charge in [0.05, 0.1) is 6.04 Å². The van der Waals surface area contributed by atoms with Crippen LogP contribution in [0, 0.1) is 13.8 Å². The fraction of sp³-hybridized carbons (Fsp3) is 0.208. The van der Waals surface area contributed by atoms with Crippen LogP contribution in [0.3, 0.4) is 0 Å². The Morgan fingerprint density at radius 1 is 1.00 bits per heavy atom. The van der Waals surface area contributed by atoms with Crippen molar-refractivity contribution in [3.8, 4) is 0 Å². The van der Waals surface area contributed by atoms with Crippen molar-refractivity contribution in [1.82, 2.24) is 5.32 Å². The Hall–Kier alpha value is -2.23. The third-order valence-corrected chi connectivity index (χ3v) is 6.01. The van der Waals surface area contributed by atoms with Gasteiger partial charge in [0.1, 0.15) is 0 Å². The third kappa shape index (κ3) is 5.40. The van der Waals surface area contributed by atoms with Gasteiger partial charge in [-0.1, -0.05) is 47.5 Å². The molecule has 2 nitrogen and oxygen atoms in total. The van der Waals surface area contributed by atoms with Gasteiger partial charge < -0.3 is 5.32 Å². The molecule has 3 aromatic carbocycles. The van der Waals surface area contributed by atoms with Gasteiger partial charge in [-0.05, 0) is 73.9 Å². The molecule has 0 unspecified atom stereocenters. The maximum Gasteiger partial charge on any atom is 0.251 e. The number of benzene rings is 3. The van der Waals surface area contributed by atoms with E-state index in [0.717, 1.165) is 16.3 Å². The lowest BCUT2D eigenvalue weighted by molar-refractivity contribution is 0.0940. The number of amides is 1. The second kappa shape index (κ2) is 9.31. The zero-order valence-electron chi connectivity index (χ0n) is 16.3. The van der Waals surface area contributed by atoms with Gasteiger partial charge >= 0.3 is 0 Å². The van der Waals surface area contributed by atoms with Crippen LogP contribution >= 0.6 is 23.4 Å². The van der Waals surface area contributed by atoms with Gasteiger partial charge in [0, 0.05) is 21.2 Å². The highest BCUT2D eigenvalue weighted by atomic mass is 35.5. The van der Waals surface area contributed by atoms with E-state index in [1.165, 1.54) is 21.6 Å². The standard InChI is InChI=1S/C24H24ClNOS/c1-16-4-13-23(17(2)14-16)18(3)26-24(27)20-7-5-19(6-8-20)15-28-22-11-9-21(25)10-12-22/h4-14,18H,15H2,1-3H3,(H,26,27)/t18-/m1/s1. The lowest BCUT2D eigenvalue weighted by Crippen LogP contribution is -2.27. The number of hydrogen-bond acceptors (Lipinski definition) is 2. The summed E-state index contributed by atoms with van der Waals surface area (Å²) in [5, 5.41) is 3.84. The number of carbonyl (C=O) groups excluding carboxylic acids is 1. The monoisotopic (exact) mass is 409 g/mol. The molecule has 144 valence electrons. The molecule has 0 fully saturated rings. The molecule has 28 heavy (non-hydrogen) atoms. The van der Waals surface area contributed by atoms with Crippen molar-refractivity contribution in [3.05, 3.63) is 99.6 Å². The van der Waals surface area contributed by atoms with Crippen molar-refractivity contribution >= 4 is 29.3 Å². The largest absolute Gasteiger partial charge is 0.346 e. The summed E-state index contributed by atoms with van der Waals surface area (Å²) < 4.78 is 0. The van der Waals surface area contributed by atoms with Crippen molar-refractivity contribution in [2.45, 2.75) is 37.5 Å². The molecule has 0 bridgehead atoms. The molecule has 0 spiro atoms. The highest BCUT2D eigenvalue weighted by Gasteiger charge is 2.13. The van der Waals surface area contributed by atoms with Crippen molar-refractivity contribution in [1.29, 1.82) is 0 Å². The molecule has 3 rings (SSSR count). The van der Waals surface area contributed by atoms with Crippen LogP contribution in [0.4, 0.5) is 0 Å². The average molecular weight is 410 g/mol. The Balaban J connectivity index is 1.59. The summed E-state index contributed by atoms with van der Waals surface area (Å²) in [4.78, 5) is 13.8. The van der Waals surface area contributed by atoms with E-state index in [9.17, 15) is 4.79 Å². The van der Waals surface area contributed by atoms with Crippen LogP contribution in [0.25, 0.3) is 0 Å². The van der Waals surface area contributed by atoms with Gasteiger partial charge in [-0.3, -0.25) is 4.79 Å². The number of rotatable bonds is 6.